The lowest BCUT2D eigenvalue weighted by atomic mass is 9.93. The van der Waals surface area contributed by atoms with Gasteiger partial charge in [0.2, 0.25) is 0 Å². The first-order valence-electron chi connectivity index (χ1n) is 17.5. The molecule has 0 spiro atoms. The lowest BCUT2D eigenvalue weighted by Crippen LogP contribution is -2.46. The van der Waals surface area contributed by atoms with Gasteiger partial charge in [0.15, 0.2) is 15.9 Å². The molecule has 0 bridgehead atoms. The minimum absolute atomic E-state index is 0.0224. The Balaban J connectivity index is 1.56. The SMILES string of the molecule is CCS(=O)(=O)c1cc2c(C(=O)N[C@H](c3ccccc3)C(F)(F)F)c(CN3CCC(N4CCCCC4)CC3)c(-c3cccc(C(F)(F)F)c3)nc2cc1Cl. The molecular weight excluding hydrogens is 742 g/mol. The number of alkyl halides is 6. The Morgan fingerprint density at radius 2 is 1.60 bits per heavy atom. The third kappa shape index (κ3) is 8.66. The van der Waals surface area contributed by atoms with E-state index < -0.39 is 39.7 Å². The Bertz CT molecular complexity index is 2060. The van der Waals surface area contributed by atoms with Crippen molar-refractivity contribution < 1.29 is 39.6 Å². The zero-order chi connectivity index (χ0) is 38.1. The van der Waals surface area contributed by atoms with Crippen LogP contribution in [0.25, 0.3) is 22.2 Å². The molecule has 1 N–H and O–H groups in total. The molecule has 3 aromatic carbocycles. The first kappa shape index (κ1) is 39.0. The second kappa shape index (κ2) is 15.6. The summed E-state index contributed by atoms with van der Waals surface area (Å²) in [4.78, 5) is 23.3. The molecule has 15 heteroatoms. The fourth-order valence-electron chi connectivity index (χ4n) is 7.35. The van der Waals surface area contributed by atoms with Crippen LogP contribution >= 0.6 is 11.6 Å². The standard InChI is InChI=1S/C38H39ClF6N4O3S/c1-2-53(51,52)32-21-28-31(22-30(32)39)46-34(25-12-9-13-26(20-25)37(40,41)42)29(23-48-18-14-27(15-19-48)49-16-7-4-8-17-49)33(28)36(50)47-35(38(43,44)45)24-10-5-3-6-11-24/h3,5-6,9-13,20-22,27,35H,2,4,7-8,14-19,23H2,1H3,(H,47,50)/t35-/m1/s1. The lowest BCUT2D eigenvalue weighted by molar-refractivity contribution is -0.155. The molecule has 7 nitrogen and oxygen atoms in total. The molecule has 2 fully saturated rings. The monoisotopic (exact) mass is 780 g/mol. The summed E-state index contributed by atoms with van der Waals surface area (Å²) < 4.78 is 112. The van der Waals surface area contributed by atoms with Gasteiger partial charge < -0.3 is 10.2 Å². The van der Waals surface area contributed by atoms with Crippen molar-refractivity contribution in [2.75, 3.05) is 31.9 Å². The summed E-state index contributed by atoms with van der Waals surface area (Å²) in [6.45, 7) is 4.43. The van der Waals surface area contributed by atoms with E-state index in [-0.39, 0.29) is 61.1 Å². The number of carbonyl (C=O) groups excluding carboxylic acids is 1. The van der Waals surface area contributed by atoms with Gasteiger partial charge in [-0.05, 0) is 81.7 Å². The van der Waals surface area contributed by atoms with Crippen molar-refractivity contribution in [1.29, 1.82) is 0 Å². The van der Waals surface area contributed by atoms with Crippen LogP contribution in [-0.2, 0) is 22.6 Å². The topological polar surface area (TPSA) is 82.6 Å². The first-order chi connectivity index (χ1) is 25.1. The second-order valence-electron chi connectivity index (χ2n) is 13.6. The molecule has 2 saturated heterocycles. The van der Waals surface area contributed by atoms with Gasteiger partial charge in [0.25, 0.3) is 5.91 Å². The maximum atomic E-state index is 14.6. The van der Waals surface area contributed by atoms with Gasteiger partial charge in [0.05, 0.1) is 38.0 Å². The van der Waals surface area contributed by atoms with Crippen molar-refractivity contribution >= 4 is 38.2 Å². The van der Waals surface area contributed by atoms with Crippen molar-refractivity contribution in [3.05, 3.63) is 94.0 Å². The van der Waals surface area contributed by atoms with Crippen molar-refractivity contribution in [2.45, 2.75) is 74.9 Å². The molecule has 1 atom stereocenters. The Morgan fingerprint density at radius 3 is 2.23 bits per heavy atom. The van der Waals surface area contributed by atoms with Gasteiger partial charge in [-0.1, -0.05) is 67.4 Å². The van der Waals surface area contributed by atoms with Gasteiger partial charge in [-0.3, -0.25) is 9.69 Å². The van der Waals surface area contributed by atoms with E-state index in [1.807, 2.05) is 4.90 Å². The van der Waals surface area contributed by atoms with Gasteiger partial charge in [-0.15, -0.1) is 0 Å². The van der Waals surface area contributed by atoms with E-state index >= 15 is 0 Å². The number of halogens is 7. The highest BCUT2D eigenvalue weighted by atomic mass is 35.5. The highest BCUT2D eigenvalue weighted by Gasteiger charge is 2.43. The number of piperidine rings is 2. The summed E-state index contributed by atoms with van der Waals surface area (Å²) in [6, 6.07) is 11.3. The van der Waals surface area contributed by atoms with Crippen molar-refractivity contribution in [3.63, 3.8) is 0 Å². The molecule has 3 heterocycles. The number of pyridine rings is 1. The summed E-state index contributed by atoms with van der Waals surface area (Å²) in [7, 11) is -4.00. The number of carbonyl (C=O) groups is 1. The van der Waals surface area contributed by atoms with E-state index in [0.717, 1.165) is 57.0 Å². The summed E-state index contributed by atoms with van der Waals surface area (Å²) in [5, 5.41) is 1.78. The number of amides is 1. The van der Waals surface area contributed by atoms with Crippen LogP contribution in [0.1, 0.15) is 72.1 Å². The van der Waals surface area contributed by atoms with Gasteiger partial charge in [-0.25, -0.2) is 13.4 Å². The van der Waals surface area contributed by atoms with E-state index in [1.54, 1.807) is 0 Å². The molecule has 2 aliphatic heterocycles. The van der Waals surface area contributed by atoms with E-state index in [0.29, 0.717) is 19.1 Å². The van der Waals surface area contributed by atoms with Gasteiger partial charge in [-0.2, -0.15) is 26.3 Å². The molecule has 53 heavy (non-hydrogen) atoms. The van der Waals surface area contributed by atoms with Crippen LogP contribution in [0.3, 0.4) is 0 Å². The minimum Gasteiger partial charge on any atom is -0.337 e. The molecule has 4 aromatic rings. The van der Waals surface area contributed by atoms with Crippen LogP contribution in [0.5, 0.6) is 0 Å². The summed E-state index contributed by atoms with van der Waals surface area (Å²) in [6.07, 6.45) is -4.71. The fraction of sp³-hybridized carbons (Fsp3) is 0.421. The maximum Gasteiger partial charge on any atom is 0.416 e. The first-order valence-corrected chi connectivity index (χ1v) is 19.5. The van der Waals surface area contributed by atoms with Crippen LogP contribution in [0, 0.1) is 0 Å². The third-order valence-corrected chi connectivity index (χ3v) is 12.3. The molecule has 0 aliphatic carbocycles. The van der Waals surface area contributed by atoms with Crippen LogP contribution < -0.4 is 5.32 Å². The average Bonchev–Trinajstić information content (AvgIpc) is 3.13. The molecule has 0 unspecified atom stereocenters. The smallest absolute Gasteiger partial charge is 0.337 e. The molecule has 0 saturated carbocycles. The number of nitrogens with one attached hydrogen (secondary N) is 1. The van der Waals surface area contributed by atoms with Crippen LogP contribution in [-0.4, -0.2) is 73.3 Å². The average molecular weight is 781 g/mol. The molecule has 284 valence electrons. The van der Waals surface area contributed by atoms with Crippen molar-refractivity contribution in [1.82, 2.24) is 20.1 Å². The van der Waals surface area contributed by atoms with E-state index in [2.05, 4.69) is 15.2 Å². The Morgan fingerprint density at radius 1 is 0.925 bits per heavy atom. The summed E-state index contributed by atoms with van der Waals surface area (Å²) in [5.41, 5.74) is -1.64. The number of benzene rings is 3. The van der Waals surface area contributed by atoms with Crippen molar-refractivity contribution in [3.8, 4) is 11.3 Å². The maximum absolute atomic E-state index is 14.6. The molecule has 2 aliphatic rings. The lowest BCUT2D eigenvalue weighted by Gasteiger charge is -2.40. The number of nitrogens with zero attached hydrogens (tertiary/aromatic N) is 3. The van der Waals surface area contributed by atoms with Gasteiger partial charge in [0.1, 0.15) is 0 Å². The van der Waals surface area contributed by atoms with E-state index in [4.69, 9.17) is 11.6 Å². The number of hydrogen-bond acceptors (Lipinski definition) is 6. The summed E-state index contributed by atoms with van der Waals surface area (Å²) in [5.74, 6) is -1.56. The third-order valence-electron chi connectivity index (χ3n) is 10.1. The number of rotatable bonds is 9. The minimum atomic E-state index is -4.94. The van der Waals surface area contributed by atoms with Gasteiger partial charge in [0, 0.05) is 29.1 Å². The predicted molar refractivity (Wildman–Crippen MR) is 191 cm³/mol. The van der Waals surface area contributed by atoms with Gasteiger partial charge >= 0.3 is 12.4 Å². The molecular formula is C38H39ClF6N4O3S. The summed E-state index contributed by atoms with van der Waals surface area (Å²) >= 11 is 6.45. The predicted octanol–water partition coefficient (Wildman–Crippen LogP) is 8.85. The zero-order valence-corrected chi connectivity index (χ0v) is 30.5. The Labute approximate surface area is 309 Å². The van der Waals surface area contributed by atoms with E-state index in [9.17, 15) is 39.6 Å². The largest absolute Gasteiger partial charge is 0.416 e. The highest BCUT2D eigenvalue weighted by Crippen LogP contribution is 2.40. The van der Waals surface area contributed by atoms with Crippen molar-refractivity contribution in [2.24, 2.45) is 0 Å². The quantitative estimate of drug-likeness (QED) is 0.171. The molecule has 0 radical (unpaired) electrons. The van der Waals surface area contributed by atoms with Crippen LogP contribution in [0.2, 0.25) is 5.02 Å². The number of aromatic nitrogens is 1. The fourth-order valence-corrected chi connectivity index (χ4v) is 8.82. The molecule has 1 amide bonds. The number of likely N-dealkylation sites (tertiary alicyclic amines) is 2. The van der Waals surface area contributed by atoms with Crippen LogP contribution in [0.15, 0.2) is 71.6 Å². The van der Waals surface area contributed by atoms with Crippen LogP contribution in [0.4, 0.5) is 26.3 Å². The normalized spacial score (nSPS) is 17.6. The highest BCUT2D eigenvalue weighted by molar-refractivity contribution is 7.91. The number of fused-ring (bicyclic) bond motifs is 1. The Hall–Kier alpha value is -3.72. The second-order valence-corrected chi connectivity index (χ2v) is 16.2. The van der Waals surface area contributed by atoms with E-state index in [1.165, 1.54) is 61.9 Å². The number of sulfone groups is 1. The Kier molecular flexibility index (Phi) is 11.4. The zero-order valence-electron chi connectivity index (χ0n) is 28.9. The molecule has 6 rings (SSSR count). The number of hydrogen-bond donors (Lipinski definition) is 1. The molecule has 1 aromatic heterocycles.